The number of fused-ring (bicyclic) bond motifs is 1. The maximum absolute atomic E-state index is 12.4. The summed E-state index contributed by atoms with van der Waals surface area (Å²) in [5.74, 6) is -1.04. The van der Waals surface area contributed by atoms with Gasteiger partial charge in [-0.05, 0) is 22.8 Å². The topological polar surface area (TPSA) is 57.6 Å². The highest BCUT2D eigenvalue weighted by Crippen LogP contribution is 2.23. The monoisotopic (exact) mass is 281 g/mol. The van der Waals surface area contributed by atoms with Gasteiger partial charge in [0.2, 0.25) is 5.91 Å². The first-order valence-electron chi connectivity index (χ1n) is 6.81. The SMILES string of the molecule is O=C(O)c1ccccc1CC(=O)N1Cc2ccccc2C1. The van der Waals surface area contributed by atoms with Crippen LogP contribution in [0.5, 0.6) is 0 Å². The van der Waals surface area contributed by atoms with Gasteiger partial charge < -0.3 is 10.0 Å². The summed E-state index contributed by atoms with van der Waals surface area (Å²) in [7, 11) is 0. The lowest BCUT2D eigenvalue weighted by atomic mass is 10.0. The zero-order chi connectivity index (χ0) is 14.8. The lowest BCUT2D eigenvalue weighted by Gasteiger charge is -2.16. The Morgan fingerprint density at radius 3 is 2.14 bits per heavy atom. The molecule has 106 valence electrons. The van der Waals surface area contributed by atoms with Crippen LogP contribution in [0.3, 0.4) is 0 Å². The van der Waals surface area contributed by atoms with Crippen LogP contribution in [-0.4, -0.2) is 21.9 Å². The number of carboxylic acids is 1. The van der Waals surface area contributed by atoms with Crippen LogP contribution < -0.4 is 0 Å². The van der Waals surface area contributed by atoms with Gasteiger partial charge in [0.05, 0.1) is 12.0 Å². The van der Waals surface area contributed by atoms with Crippen molar-refractivity contribution in [2.24, 2.45) is 0 Å². The van der Waals surface area contributed by atoms with Gasteiger partial charge >= 0.3 is 5.97 Å². The normalized spacial score (nSPS) is 13.0. The molecule has 0 aromatic heterocycles. The van der Waals surface area contributed by atoms with E-state index in [-0.39, 0.29) is 17.9 Å². The number of nitrogens with zero attached hydrogens (tertiary/aromatic N) is 1. The van der Waals surface area contributed by atoms with E-state index in [4.69, 9.17) is 5.11 Å². The van der Waals surface area contributed by atoms with Gasteiger partial charge in [-0.3, -0.25) is 4.79 Å². The molecule has 1 aliphatic heterocycles. The van der Waals surface area contributed by atoms with Crippen LogP contribution in [0.4, 0.5) is 0 Å². The Morgan fingerprint density at radius 2 is 1.52 bits per heavy atom. The summed E-state index contributed by atoms with van der Waals surface area (Å²) in [5.41, 5.74) is 3.09. The van der Waals surface area contributed by atoms with Crippen molar-refractivity contribution < 1.29 is 14.7 Å². The first-order valence-corrected chi connectivity index (χ1v) is 6.81. The van der Waals surface area contributed by atoms with Crippen LogP contribution >= 0.6 is 0 Å². The highest BCUT2D eigenvalue weighted by molar-refractivity contribution is 5.91. The van der Waals surface area contributed by atoms with Crippen LogP contribution in [0.15, 0.2) is 48.5 Å². The predicted molar refractivity (Wildman–Crippen MR) is 77.8 cm³/mol. The Labute approximate surface area is 122 Å². The summed E-state index contributed by atoms with van der Waals surface area (Å²) in [6.45, 7) is 1.20. The molecule has 0 radical (unpaired) electrons. The molecule has 0 saturated carbocycles. The van der Waals surface area contributed by atoms with E-state index >= 15 is 0 Å². The third kappa shape index (κ3) is 2.65. The van der Waals surface area contributed by atoms with Gasteiger partial charge in [-0.25, -0.2) is 4.79 Å². The summed E-state index contributed by atoms with van der Waals surface area (Å²) in [5, 5.41) is 9.16. The number of carboxylic acid groups (broad SMARTS) is 1. The molecule has 0 atom stereocenters. The number of carbonyl (C=O) groups is 2. The Morgan fingerprint density at radius 1 is 0.952 bits per heavy atom. The molecule has 4 nitrogen and oxygen atoms in total. The molecule has 2 aromatic rings. The van der Waals surface area contributed by atoms with Crippen LogP contribution in [0.1, 0.15) is 27.0 Å². The summed E-state index contributed by atoms with van der Waals surface area (Å²) in [6, 6.07) is 14.6. The van der Waals surface area contributed by atoms with E-state index < -0.39 is 5.97 Å². The van der Waals surface area contributed by atoms with Crippen molar-refractivity contribution in [2.75, 3.05) is 0 Å². The van der Waals surface area contributed by atoms with E-state index in [0.717, 1.165) is 11.1 Å². The first kappa shape index (κ1) is 13.4. The molecular formula is C17H15NO3. The van der Waals surface area contributed by atoms with Gasteiger partial charge in [-0.15, -0.1) is 0 Å². The third-order valence-corrected chi connectivity index (χ3v) is 3.78. The molecule has 0 saturated heterocycles. The second-order valence-corrected chi connectivity index (χ2v) is 5.16. The van der Waals surface area contributed by atoms with Crippen LogP contribution in [0.25, 0.3) is 0 Å². The lowest BCUT2D eigenvalue weighted by Crippen LogP contribution is -2.27. The number of aromatic carboxylic acids is 1. The minimum absolute atomic E-state index is 0.0418. The minimum Gasteiger partial charge on any atom is -0.478 e. The van der Waals surface area contributed by atoms with E-state index in [2.05, 4.69) is 0 Å². The van der Waals surface area contributed by atoms with Crippen molar-refractivity contribution in [2.45, 2.75) is 19.5 Å². The number of hydrogen-bond donors (Lipinski definition) is 1. The van der Waals surface area contributed by atoms with Gasteiger partial charge in [0.15, 0.2) is 0 Å². The molecule has 0 unspecified atom stereocenters. The molecule has 1 aliphatic rings. The smallest absolute Gasteiger partial charge is 0.335 e. The molecule has 0 fully saturated rings. The predicted octanol–water partition coefficient (Wildman–Crippen LogP) is 2.47. The van der Waals surface area contributed by atoms with E-state index in [1.807, 2.05) is 24.3 Å². The highest BCUT2D eigenvalue weighted by Gasteiger charge is 2.23. The highest BCUT2D eigenvalue weighted by atomic mass is 16.4. The van der Waals surface area contributed by atoms with Crippen molar-refractivity contribution in [3.05, 3.63) is 70.8 Å². The second-order valence-electron chi connectivity index (χ2n) is 5.16. The number of hydrogen-bond acceptors (Lipinski definition) is 2. The van der Waals surface area contributed by atoms with Crippen molar-refractivity contribution >= 4 is 11.9 Å². The Hall–Kier alpha value is -2.62. The summed E-state index contributed by atoms with van der Waals surface area (Å²) >= 11 is 0. The van der Waals surface area contributed by atoms with Crippen molar-refractivity contribution in [1.82, 2.24) is 4.90 Å². The maximum atomic E-state index is 12.4. The Balaban J connectivity index is 1.76. The number of amides is 1. The molecule has 0 spiro atoms. The maximum Gasteiger partial charge on any atom is 0.335 e. The van der Waals surface area contributed by atoms with Gasteiger partial charge in [0, 0.05) is 13.1 Å². The summed E-state index contributed by atoms with van der Waals surface area (Å²) < 4.78 is 0. The van der Waals surface area contributed by atoms with E-state index in [1.165, 1.54) is 6.07 Å². The van der Waals surface area contributed by atoms with E-state index in [0.29, 0.717) is 18.7 Å². The lowest BCUT2D eigenvalue weighted by molar-refractivity contribution is -0.131. The van der Waals surface area contributed by atoms with Gasteiger partial charge in [0.1, 0.15) is 0 Å². The second kappa shape index (κ2) is 5.40. The third-order valence-electron chi connectivity index (χ3n) is 3.78. The molecular weight excluding hydrogens is 266 g/mol. The number of benzene rings is 2. The fourth-order valence-electron chi connectivity index (χ4n) is 2.67. The standard InChI is InChI=1S/C17H15NO3/c19-16(9-12-5-3-4-8-15(12)17(20)21)18-10-13-6-1-2-7-14(13)11-18/h1-8H,9-11H2,(H,20,21). The average Bonchev–Trinajstić information content (AvgIpc) is 2.91. The van der Waals surface area contributed by atoms with E-state index in [1.54, 1.807) is 23.1 Å². The molecule has 1 heterocycles. The van der Waals surface area contributed by atoms with Crippen LogP contribution in [-0.2, 0) is 24.3 Å². The molecule has 4 heteroatoms. The minimum atomic E-state index is -0.997. The van der Waals surface area contributed by atoms with Crippen LogP contribution in [0.2, 0.25) is 0 Å². The van der Waals surface area contributed by atoms with Crippen molar-refractivity contribution in [3.63, 3.8) is 0 Å². The average molecular weight is 281 g/mol. The number of carbonyl (C=O) groups excluding carboxylic acids is 1. The van der Waals surface area contributed by atoms with Crippen molar-refractivity contribution in [3.8, 4) is 0 Å². The fraction of sp³-hybridized carbons (Fsp3) is 0.176. The Kier molecular flexibility index (Phi) is 3.44. The van der Waals surface area contributed by atoms with Crippen LogP contribution in [0, 0.1) is 0 Å². The first-order chi connectivity index (χ1) is 10.1. The molecule has 21 heavy (non-hydrogen) atoms. The van der Waals surface area contributed by atoms with Gasteiger partial charge in [-0.2, -0.15) is 0 Å². The molecule has 3 rings (SSSR count). The summed E-state index contributed by atoms with van der Waals surface area (Å²) in [6.07, 6.45) is 0.121. The zero-order valence-electron chi connectivity index (χ0n) is 11.5. The van der Waals surface area contributed by atoms with Gasteiger partial charge in [-0.1, -0.05) is 42.5 Å². The fourth-order valence-corrected chi connectivity index (χ4v) is 2.67. The van der Waals surface area contributed by atoms with E-state index in [9.17, 15) is 9.59 Å². The number of rotatable bonds is 3. The molecule has 1 amide bonds. The molecule has 1 N–H and O–H groups in total. The zero-order valence-corrected chi connectivity index (χ0v) is 11.5. The molecule has 0 bridgehead atoms. The summed E-state index contributed by atoms with van der Waals surface area (Å²) in [4.78, 5) is 25.3. The molecule has 2 aromatic carbocycles. The molecule has 0 aliphatic carbocycles. The van der Waals surface area contributed by atoms with Gasteiger partial charge in [0.25, 0.3) is 0 Å². The van der Waals surface area contributed by atoms with Crippen molar-refractivity contribution in [1.29, 1.82) is 0 Å². The quantitative estimate of drug-likeness (QED) is 0.940. The largest absolute Gasteiger partial charge is 0.478 e. The Bertz CT molecular complexity index is 684.